The molecule has 1 spiro atoms. The van der Waals surface area contributed by atoms with Crippen LogP contribution in [0.3, 0.4) is 0 Å². The third kappa shape index (κ3) is 3.40. The van der Waals surface area contributed by atoms with Gasteiger partial charge in [-0.1, -0.05) is 36.2 Å². The third-order valence-corrected chi connectivity index (χ3v) is 6.11. The molecule has 1 saturated carbocycles. The number of rotatable bonds is 4. The number of carbonyl (C=O) groups excluding carboxylic acids is 1. The average Bonchev–Trinajstić information content (AvgIpc) is 3.24. The second-order valence-electron chi connectivity index (χ2n) is 7.12. The number of halogens is 2. The van der Waals surface area contributed by atoms with E-state index in [1.54, 1.807) is 12.1 Å². The molecule has 1 aromatic rings. The van der Waals surface area contributed by atoms with E-state index in [0.717, 1.165) is 24.8 Å². The predicted octanol–water partition coefficient (Wildman–Crippen LogP) is 3.89. The van der Waals surface area contributed by atoms with Gasteiger partial charge in [0.2, 0.25) is 5.91 Å². The summed E-state index contributed by atoms with van der Waals surface area (Å²) in [5, 5.41) is 10.3. The van der Waals surface area contributed by atoms with Gasteiger partial charge in [-0.15, -0.1) is 0 Å². The fourth-order valence-electron chi connectivity index (χ4n) is 3.84. The third-order valence-electron chi connectivity index (χ3n) is 5.52. The van der Waals surface area contributed by atoms with Gasteiger partial charge in [0.05, 0.1) is 5.92 Å². The first kappa shape index (κ1) is 17.6. The number of nitrogens with zero attached hydrogens (tertiary/aromatic N) is 1. The van der Waals surface area contributed by atoms with Gasteiger partial charge in [0, 0.05) is 29.1 Å². The first-order chi connectivity index (χ1) is 11.3. The molecule has 1 heterocycles. The minimum atomic E-state index is -0.694. The van der Waals surface area contributed by atoms with Gasteiger partial charge in [-0.05, 0) is 48.8 Å². The van der Waals surface area contributed by atoms with E-state index in [4.69, 9.17) is 28.3 Å². The molecule has 2 aliphatic rings. The van der Waals surface area contributed by atoms with Crippen LogP contribution in [0.1, 0.15) is 31.7 Å². The SMILES string of the molecule is CC(Cc1ccc(Cl)cc1Cl)C(=O)N1CCC2(CC1)CC2C(=O)O. The van der Waals surface area contributed by atoms with Gasteiger partial charge < -0.3 is 10.0 Å². The lowest BCUT2D eigenvalue weighted by Gasteiger charge is -2.34. The summed E-state index contributed by atoms with van der Waals surface area (Å²) in [6, 6.07) is 5.34. The molecule has 1 aliphatic heterocycles. The highest BCUT2D eigenvalue weighted by atomic mass is 35.5. The monoisotopic (exact) mass is 369 g/mol. The Morgan fingerprint density at radius 3 is 2.54 bits per heavy atom. The van der Waals surface area contributed by atoms with Gasteiger partial charge in [0.25, 0.3) is 0 Å². The van der Waals surface area contributed by atoms with Crippen molar-refractivity contribution in [2.24, 2.45) is 17.3 Å². The number of amides is 1. The lowest BCUT2D eigenvalue weighted by atomic mass is 9.89. The molecule has 1 N–H and O–H groups in total. The number of likely N-dealkylation sites (tertiary alicyclic amines) is 1. The van der Waals surface area contributed by atoms with Gasteiger partial charge >= 0.3 is 5.97 Å². The van der Waals surface area contributed by atoms with Crippen LogP contribution in [0.5, 0.6) is 0 Å². The fourth-order valence-corrected chi connectivity index (χ4v) is 4.32. The number of carbonyl (C=O) groups is 2. The Morgan fingerprint density at radius 2 is 2.00 bits per heavy atom. The van der Waals surface area contributed by atoms with E-state index in [-0.39, 0.29) is 23.2 Å². The Labute approximate surface area is 151 Å². The molecule has 1 amide bonds. The van der Waals surface area contributed by atoms with Crippen LogP contribution < -0.4 is 0 Å². The maximum absolute atomic E-state index is 12.7. The van der Waals surface area contributed by atoms with Crippen LogP contribution >= 0.6 is 23.2 Å². The number of benzene rings is 1. The standard InChI is InChI=1S/C18H21Cl2NO3/c1-11(8-12-2-3-13(19)9-15(12)20)16(22)21-6-4-18(5-7-21)10-14(18)17(23)24/h2-3,9,11,14H,4-8,10H2,1H3,(H,23,24). The molecule has 0 radical (unpaired) electrons. The zero-order valence-corrected chi connectivity index (χ0v) is 15.1. The maximum Gasteiger partial charge on any atom is 0.307 e. The van der Waals surface area contributed by atoms with Crippen LogP contribution in [0, 0.1) is 17.3 Å². The Kier molecular flexibility index (Phi) is 4.80. The quantitative estimate of drug-likeness (QED) is 0.875. The van der Waals surface area contributed by atoms with E-state index in [1.165, 1.54) is 0 Å². The molecular formula is C18H21Cl2NO3. The van der Waals surface area contributed by atoms with E-state index in [1.807, 2.05) is 17.9 Å². The molecule has 1 aliphatic carbocycles. The van der Waals surface area contributed by atoms with E-state index < -0.39 is 5.97 Å². The highest BCUT2D eigenvalue weighted by molar-refractivity contribution is 6.35. The highest BCUT2D eigenvalue weighted by Crippen LogP contribution is 2.59. The molecule has 2 unspecified atom stereocenters. The minimum Gasteiger partial charge on any atom is -0.481 e. The largest absolute Gasteiger partial charge is 0.481 e. The number of aliphatic carboxylic acids is 1. The van der Waals surface area contributed by atoms with Crippen molar-refractivity contribution in [3.63, 3.8) is 0 Å². The summed E-state index contributed by atoms with van der Waals surface area (Å²) in [7, 11) is 0. The molecule has 4 nitrogen and oxygen atoms in total. The number of hydrogen-bond acceptors (Lipinski definition) is 2. The molecule has 1 aromatic carbocycles. The Bertz CT molecular complexity index is 668. The highest BCUT2D eigenvalue weighted by Gasteiger charge is 2.59. The molecular weight excluding hydrogens is 349 g/mol. The van der Waals surface area contributed by atoms with Crippen LogP contribution in [0.25, 0.3) is 0 Å². The summed E-state index contributed by atoms with van der Waals surface area (Å²) in [5.74, 6) is -0.948. The molecule has 2 atom stereocenters. The van der Waals surface area contributed by atoms with Crippen LogP contribution in [0.15, 0.2) is 18.2 Å². The van der Waals surface area contributed by atoms with E-state index in [2.05, 4.69) is 0 Å². The normalized spacial score (nSPS) is 23.1. The van der Waals surface area contributed by atoms with Gasteiger partial charge in [0.1, 0.15) is 0 Å². The van der Waals surface area contributed by atoms with E-state index in [9.17, 15) is 9.59 Å². The second-order valence-corrected chi connectivity index (χ2v) is 7.97. The van der Waals surface area contributed by atoms with Crippen LogP contribution in [0.2, 0.25) is 10.0 Å². The van der Waals surface area contributed by atoms with Gasteiger partial charge in [0.15, 0.2) is 0 Å². The number of piperidine rings is 1. The molecule has 0 aromatic heterocycles. The lowest BCUT2D eigenvalue weighted by Crippen LogP contribution is -2.42. The number of carboxylic acids is 1. The Hall–Kier alpha value is -1.26. The predicted molar refractivity (Wildman–Crippen MR) is 93.3 cm³/mol. The van der Waals surface area contributed by atoms with Crippen LogP contribution in [-0.4, -0.2) is 35.0 Å². The fraction of sp³-hybridized carbons (Fsp3) is 0.556. The molecule has 6 heteroatoms. The molecule has 0 bridgehead atoms. The average molecular weight is 370 g/mol. The van der Waals surface area contributed by atoms with E-state index >= 15 is 0 Å². The van der Waals surface area contributed by atoms with Crippen molar-refractivity contribution in [1.29, 1.82) is 0 Å². The van der Waals surface area contributed by atoms with Crippen molar-refractivity contribution >= 4 is 35.1 Å². The molecule has 1 saturated heterocycles. The molecule has 130 valence electrons. The Morgan fingerprint density at radius 1 is 1.33 bits per heavy atom. The summed E-state index contributed by atoms with van der Waals surface area (Å²) >= 11 is 12.1. The summed E-state index contributed by atoms with van der Waals surface area (Å²) < 4.78 is 0. The smallest absolute Gasteiger partial charge is 0.307 e. The molecule has 2 fully saturated rings. The zero-order chi connectivity index (χ0) is 17.5. The minimum absolute atomic E-state index is 0.0503. The zero-order valence-electron chi connectivity index (χ0n) is 13.6. The maximum atomic E-state index is 12.7. The summed E-state index contributed by atoms with van der Waals surface area (Å²) in [4.78, 5) is 25.7. The van der Waals surface area contributed by atoms with Crippen molar-refractivity contribution in [2.45, 2.75) is 32.6 Å². The number of hydrogen-bond donors (Lipinski definition) is 1. The summed E-state index contributed by atoms with van der Waals surface area (Å²) in [5.41, 5.74) is 0.870. The van der Waals surface area contributed by atoms with Crippen molar-refractivity contribution in [3.8, 4) is 0 Å². The molecule has 3 rings (SSSR count). The first-order valence-electron chi connectivity index (χ1n) is 8.28. The van der Waals surface area contributed by atoms with Crippen molar-refractivity contribution < 1.29 is 14.7 Å². The van der Waals surface area contributed by atoms with Crippen molar-refractivity contribution in [3.05, 3.63) is 33.8 Å². The van der Waals surface area contributed by atoms with Gasteiger partial charge in [-0.2, -0.15) is 0 Å². The number of carboxylic acid groups (broad SMARTS) is 1. The van der Waals surface area contributed by atoms with Crippen LogP contribution in [-0.2, 0) is 16.0 Å². The van der Waals surface area contributed by atoms with Crippen molar-refractivity contribution in [1.82, 2.24) is 4.90 Å². The summed E-state index contributed by atoms with van der Waals surface area (Å²) in [6.45, 7) is 3.22. The summed E-state index contributed by atoms with van der Waals surface area (Å²) in [6.07, 6.45) is 2.93. The second kappa shape index (κ2) is 6.57. The van der Waals surface area contributed by atoms with Crippen LogP contribution in [0.4, 0.5) is 0 Å². The van der Waals surface area contributed by atoms with Gasteiger partial charge in [-0.25, -0.2) is 0 Å². The topological polar surface area (TPSA) is 57.6 Å². The van der Waals surface area contributed by atoms with Gasteiger partial charge in [-0.3, -0.25) is 9.59 Å². The first-order valence-corrected chi connectivity index (χ1v) is 9.03. The molecule has 24 heavy (non-hydrogen) atoms. The van der Waals surface area contributed by atoms with Crippen molar-refractivity contribution in [2.75, 3.05) is 13.1 Å². The lowest BCUT2D eigenvalue weighted by molar-refractivity contribution is -0.140. The Balaban J connectivity index is 1.56. The van der Waals surface area contributed by atoms with E-state index in [0.29, 0.717) is 29.6 Å².